The molecule has 0 N–H and O–H groups in total. The van der Waals surface area contributed by atoms with E-state index >= 15 is 0 Å². The van der Waals surface area contributed by atoms with Gasteiger partial charge in [0, 0.05) is 21.5 Å². The summed E-state index contributed by atoms with van der Waals surface area (Å²) in [6.45, 7) is 0. The van der Waals surface area contributed by atoms with Crippen LogP contribution in [0.5, 0.6) is 11.5 Å². The lowest BCUT2D eigenvalue weighted by atomic mass is 9.90. The first-order valence-corrected chi connectivity index (χ1v) is 14.1. The number of thiophene rings is 1. The Labute approximate surface area is 240 Å². The number of aryl methyl sites for hydroxylation is 1. The van der Waals surface area contributed by atoms with Crippen LogP contribution < -0.4 is 19.4 Å². The average Bonchev–Trinajstić information content (AvgIpc) is 3.62. The average molecular weight is 583 g/mol. The van der Waals surface area contributed by atoms with E-state index in [2.05, 4.69) is 0 Å². The van der Waals surface area contributed by atoms with Crippen LogP contribution in [-0.2, 0) is 32.0 Å². The fraction of sp³-hybridized carbons (Fsp3) is 0.345. The van der Waals surface area contributed by atoms with E-state index in [9.17, 15) is 14.4 Å². The first kappa shape index (κ1) is 26.6. The molecule has 1 aromatic heterocycles. The minimum atomic E-state index is -1.11. The van der Waals surface area contributed by atoms with Crippen molar-refractivity contribution in [2.24, 2.45) is 5.92 Å². The molecule has 1 aliphatic carbocycles. The number of ether oxygens (including phenoxy) is 3. The lowest BCUT2D eigenvalue weighted by Crippen LogP contribution is -2.37. The van der Waals surface area contributed by atoms with E-state index in [0.29, 0.717) is 44.8 Å². The highest BCUT2D eigenvalue weighted by Gasteiger charge is 2.61. The van der Waals surface area contributed by atoms with Crippen molar-refractivity contribution in [1.29, 1.82) is 0 Å². The summed E-state index contributed by atoms with van der Waals surface area (Å²) in [5, 5.41) is 2.42. The van der Waals surface area contributed by atoms with Crippen LogP contribution in [0, 0.1) is 5.92 Å². The third-order valence-electron chi connectivity index (χ3n) is 7.70. The SMILES string of the molecule is COC(=O)c1c(N2C(=O)[C@@H]3[C@H](ON(c4ccc(Cl)cc4)[C@@H]3c3ccc(OC)cc3OC)C2=O)sc2c1CCCC2. The molecule has 9 nitrogen and oxygen atoms in total. The van der Waals surface area contributed by atoms with Gasteiger partial charge in [-0.15, -0.1) is 11.3 Å². The molecule has 208 valence electrons. The zero-order valence-electron chi connectivity index (χ0n) is 22.1. The van der Waals surface area contributed by atoms with E-state index in [4.69, 9.17) is 30.6 Å². The molecule has 0 unspecified atom stereocenters. The quantitative estimate of drug-likeness (QED) is 0.291. The van der Waals surface area contributed by atoms with Crippen LogP contribution in [-0.4, -0.2) is 45.2 Å². The molecule has 0 radical (unpaired) electrons. The van der Waals surface area contributed by atoms with Crippen molar-refractivity contribution < 1.29 is 33.4 Å². The Bertz CT molecular complexity index is 1500. The zero-order chi connectivity index (χ0) is 28.1. The Balaban J connectivity index is 1.47. The molecule has 2 aromatic carbocycles. The number of nitrogens with zero attached hydrogens (tertiary/aromatic N) is 2. The van der Waals surface area contributed by atoms with Gasteiger partial charge in [-0.3, -0.25) is 14.4 Å². The minimum Gasteiger partial charge on any atom is -0.497 e. The molecule has 40 heavy (non-hydrogen) atoms. The molecule has 0 saturated carbocycles. The molecule has 2 saturated heterocycles. The molecule has 2 fully saturated rings. The van der Waals surface area contributed by atoms with Crippen molar-refractivity contribution in [3.05, 3.63) is 69.1 Å². The summed E-state index contributed by atoms with van der Waals surface area (Å²) in [6, 6.07) is 11.5. The number of rotatable bonds is 6. The molecular weight excluding hydrogens is 556 g/mol. The van der Waals surface area contributed by atoms with Crippen LogP contribution in [0.25, 0.3) is 0 Å². The molecular formula is C29H27ClN2O7S. The number of anilines is 2. The number of carbonyl (C=O) groups excluding carboxylic acids is 3. The number of hydrogen-bond donors (Lipinski definition) is 0. The molecule has 0 bridgehead atoms. The lowest BCUT2D eigenvalue weighted by Gasteiger charge is -2.29. The van der Waals surface area contributed by atoms with Crippen LogP contribution in [0.4, 0.5) is 10.7 Å². The van der Waals surface area contributed by atoms with Gasteiger partial charge in [0.25, 0.3) is 5.91 Å². The Kier molecular flexibility index (Phi) is 6.93. The van der Waals surface area contributed by atoms with Crippen LogP contribution in [0.1, 0.15) is 45.2 Å². The van der Waals surface area contributed by atoms with Gasteiger partial charge in [0.15, 0.2) is 6.10 Å². The number of amides is 2. The Morgan fingerprint density at radius 2 is 1.75 bits per heavy atom. The number of carbonyl (C=O) groups is 3. The third kappa shape index (κ3) is 4.13. The normalized spacial score (nSPS) is 21.9. The summed E-state index contributed by atoms with van der Waals surface area (Å²) >= 11 is 7.45. The number of hydroxylamine groups is 1. The summed E-state index contributed by atoms with van der Waals surface area (Å²) in [7, 11) is 4.39. The summed E-state index contributed by atoms with van der Waals surface area (Å²) < 4.78 is 16.2. The molecule has 3 aliphatic rings. The first-order chi connectivity index (χ1) is 19.4. The summed E-state index contributed by atoms with van der Waals surface area (Å²) in [6.07, 6.45) is 2.30. The van der Waals surface area contributed by atoms with E-state index in [1.54, 1.807) is 54.6 Å². The monoisotopic (exact) mass is 582 g/mol. The van der Waals surface area contributed by atoms with Crippen molar-refractivity contribution in [2.75, 3.05) is 31.3 Å². The maximum Gasteiger partial charge on any atom is 0.341 e. The van der Waals surface area contributed by atoms with E-state index in [-0.39, 0.29) is 0 Å². The maximum atomic E-state index is 14.3. The number of imide groups is 1. The molecule has 11 heteroatoms. The van der Waals surface area contributed by atoms with Crippen molar-refractivity contribution in [3.63, 3.8) is 0 Å². The number of methoxy groups -OCH3 is 3. The fourth-order valence-electron chi connectivity index (χ4n) is 5.83. The highest BCUT2D eigenvalue weighted by atomic mass is 35.5. The minimum absolute atomic E-state index is 0.303. The standard InChI is InChI=1S/C29H27ClN2O7S/c1-36-17-12-13-18(20(14-17)37-2)24-23-25(39-32(24)16-10-8-15(30)9-11-16)27(34)31(26(23)33)28-22(29(35)38-3)19-6-4-5-7-21(19)40-28/h8-14,23-25H,4-7H2,1-3H3/t23-,24+,25-/m0/s1. The summed E-state index contributed by atoms with van der Waals surface area (Å²) in [5.41, 5.74) is 2.44. The van der Waals surface area contributed by atoms with Crippen molar-refractivity contribution in [3.8, 4) is 11.5 Å². The predicted octanol–water partition coefficient (Wildman–Crippen LogP) is 5.14. The van der Waals surface area contributed by atoms with Crippen LogP contribution in [0.3, 0.4) is 0 Å². The van der Waals surface area contributed by atoms with Crippen LogP contribution in [0.2, 0.25) is 5.02 Å². The highest BCUT2D eigenvalue weighted by molar-refractivity contribution is 7.17. The Morgan fingerprint density at radius 3 is 2.45 bits per heavy atom. The molecule has 3 heterocycles. The van der Waals surface area contributed by atoms with Gasteiger partial charge in [-0.2, -0.15) is 0 Å². The lowest BCUT2D eigenvalue weighted by molar-refractivity contribution is -0.126. The molecule has 0 spiro atoms. The van der Waals surface area contributed by atoms with Gasteiger partial charge in [-0.25, -0.2) is 14.8 Å². The smallest absolute Gasteiger partial charge is 0.341 e. The van der Waals surface area contributed by atoms with Gasteiger partial charge in [0.1, 0.15) is 22.4 Å². The molecule has 3 atom stereocenters. The zero-order valence-corrected chi connectivity index (χ0v) is 23.7. The first-order valence-electron chi connectivity index (χ1n) is 12.9. The molecule has 2 aliphatic heterocycles. The highest BCUT2D eigenvalue weighted by Crippen LogP contribution is 2.52. The second kappa shape index (κ2) is 10.4. The van der Waals surface area contributed by atoms with E-state index in [1.807, 2.05) is 0 Å². The van der Waals surface area contributed by atoms with E-state index in [0.717, 1.165) is 34.6 Å². The van der Waals surface area contributed by atoms with Gasteiger partial charge >= 0.3 is 5.97 Å². The molecule has 6 rings (SSSR count). The number of fused-ring (bicyclic) bond motifs is 2. The van der Waals surface area contributed by atoms with Gasteiger partial charge in [0.2, 0.25) is 5.91 Å². The molecule has 2 amide bonds. The largest absolute Gasteiger partial charge is 0.497 e. The summed E-state index contributed by atoms with van der Waals surface area (Å²) in [4.78, 5) is 49.6. The van der Waals surface area contributed by atoms with Gasteiger partial charge in [-0.1, -0.05) is 11.6 Å². The van der Waals surface area contributed by atoms with E-state index in [1.165, 1.54) is 25.6 Å². The van der Waals surface area contributed by atoms with Crippen LogP contribution >= 0.6 is 22.9 Å². The number of hydrogen-bond acceptors (Lipinski definition) is 9. The fourth-order valence-corrected chi connectivity index (χ4v) is 7.34. The predicted molar refractivity (Wildman–Crippen MR) is 149 cm³/mol. The second-order valence-corrected chi connectivity index (χ2v) is 11.3. The Morgan fingerprint density at radius 1 is 1.00 bits per heavy atom. The topological polar surface area (TPSA) is 94.6 Å². The van der Waals surface area contributed by atoms with Gasteiger partial charge in [-0.05, 0) is 67.6 Å². The van der Waals surface area contributed by atoms with Crippen molar-refractivity contribution >= 4 is 51.4 Å². The van der Waals surface area contributed by atoms with Gasteiger partial charge < -0.3 is 14.2 Å². The summed E-state index contributed by atoms with van der Waals surface area (Å²) in [5.74, 6) is -1.37. The maximum absolute atomic E-state index is 14.3. The number of benzene rings is 2. The Hall–Kier alpha value is -3.60. The van der Waals surface area contributed by atoms with Crippen molar-refractivity contribution in [1.82, 2.24) is 0 Å². The molecule has 3 aromatic rings. The number of esters is 1. The third-order valence-corrected chi connectivity index (χ3v) is 9.23. The van der Waals surface area contributed by atoms with Crippen LogP contribution in [0.15, 0.2) is 42.5 Å². The van der Waals surface area contributed by atoms with Crippen molar-refractivity contribution in [2.45, 2.75) is 37.8 Å². The number of halogens is 1. The second-order valence-electron chi connectivity index (χ2n) is 9.80. The van der Waals surface area contributed by atoms with Gasteiger partial charge in [0.05, 0.1) is 38.6 Å². The van der Waals surface area contributed by atoms with E-state index < -0.39 is 35.8 Å².